The van der Waals surface area contributed by atoms with Crippen LogP contribution in [0.15, 0.2) is 18.2 Å². The molecule has 0 spiro atoms. The number of amides is 1. The molecule has 3 aromatic rings. The lowest BCUT2D eigenvalue weighted by Crippen LogP contribution is -2.27. The summed E-state index contributed by atoms with van der Waals surface area (Å²) in [6.45, 7) is -0.799. The number of hydrogen-bond donors (Lipinski definition) is 3. The Hall–Kier alpha value is -3.19. The van der Waals surface area contributed by atoms with Crippen LogP contribution in [0.1, 0.15) is 67.3 Å². The number of fused-ring (bicyclic) bond motifs is 1. The smallest absolute Gasteiger partial charge is 0.391 e. The van der Waals surface area contributed by atoms with Crippen LogP contribution in [-0.2, 0) is 11.3 Å². The second kappa shape index (κ2) is 13.4. The summed E-state index contributed by atoms with van der Waals surface area (Å²) in [5, 5.41) is 6.35. The normalized spacial score (nSPS) is 18.9. The maximum atomic E-state index is 13.2. The molecule has 15 heteroatoms. The Balaban J connectivity index is 1.31. The van der Waals surface area contributed by atoms with Crippen LogP contribution in [0.5, 0.6) is 5.88 Å². The molecular formula is C29H30Cl2F5N5O3. The quantitative estimate of drug-likeness (QED) is 0.134. The van der Waals surface area contributed by atoms with Crippen LogP contribution in [-0.4, -0.2) is 45.9 Å². The van der Waals surface area contributed by atoms with E-state index in [1.54, 1.807) is 12.1 Å². The van der Waals surface area contributed by atoms with Crippen molar-refractivity contribution in [1.29, 1.82) is 0 Å². The molecule has 0 radical (unpaired) electrons. The van der Waals surface area contributed by atoms with E-state index in [1.165, 1.54) is 6.07 Å². The summed E-state index contributed by atoms with van der Waals surface area (Å²) >= 11 is 13.0. The first-order valence-corrected chi connectivity index (χ1v) is 15.1. The molecule has 238 valence electrons. The first-order valence-electron chi connectivity index (χ1n) is 14.3. The van der Waals surface area contributed by atoms with Crippen LogP contribution >= 0.6 is 23.2 Å². The van der Waals surface area contributed by atoms with Crippen LogP contribution in [0.3, 0.4) is 0 Å². The Morgan fingerprint density at radius 2 is 1.80 bits per heavy atom. The minimum atomic E-state index is -4.22. The molecule has 2 aliphatic rings. The van der Waals surface area contributed by atoms with E-state index in [0.717, 1.165) is 12.8 Å². The number of hydrogen-bond acceptors (Lipinski definition) is 6. The highest BCUT2D eigenvalue weighted by Gasteiger charge is 2.41. The van der Waals surface area contributed by atoms with E-state index in [4.69, 9.17) is 27.9 Å². The number of Topliss-reactive ketones (excluding diaryl/α,β-unsaturated/α-hetero) is 1. The molecule has 1 aromatic carbocycles. The first-order chi connectivity index (χ1) is 20.9. The van der Waals surface area contributed by atoms with E-state index in [1.807, 2.05) is 0 Å². The molecule has 0 unspecified atom stereocenters. The highest BCUT2D eigenvalue weighted by atomic mass is 35.5. The van der Waals surface area contributed by atoms with Gasteiger partial charge in [0.15, 0.2) is 18.0 Å². The fourth-order valence-electron chi connectivity index (χ4n) is 5.32. The Morgan fingerprint density at radius 3 is 2.45 bits per heavy atom. The molecule has 1 amide bonds. The number of halogens is 7. The van der Waals surface area contributed by atoms with Crippen LogP contribution in [0.2, 0.25) is 10.0 Å². The van der Waals surface area contributed by atoms with Crippen molar-refractivity contribution in [3.05, 3.63) is 39.4 Å². The van der Waals surface area contributed by atoms with Gasteiger partial charge in [-0.25, -0.2) is 8.78 Å². The van der Waals surface area contributed by atoms with Gasteiger partial charge in [0, 0.05) is 18.9 Å². The van der Waals surface area contributed by atoms with Gasteiger partial charge in [0.1, 0.15) is 0 Å². The first kappa shape index (κ1) is 32.2. The van der Waals surface area contributed by atoms with Crippen molar-refractivity contribution < 1.29 is 36.3 Å². The van der Waals surface area contributed by atoms with Gasteiger partial charge >= 0.3 is 6.18 Å². The molecule has 0 saturated heterocycles. The number of ether oxygens (including phenoxy) is 1. The molecule has 0 aliphatic heterocycles. The second-order valence-electron chi connectivity index (χ2n) is 11.2. The number of nitrogens with one attached hydrogen (secondary N) is 3. The lowest BCUT2D eigenvalue weighted by Gasteiger charge is -2.29. The fraction of sp³-hybridized carbons (Fsp3) is 0.517. The number of aromatic nitrogens is 3. The van der Waals surface area contributed by atoms with Gasteiger partial charge in [-0.1, -0.05) is 29.3 Å². The summed E-state index contributed by atoms with van der Waals surface area (Å²) < 4.78 is 70.1. The Labute approximate surface area is 259 Å². The molecule has 8 nitrogen and oxygen atoms in total. The van der Waals surface area contributed by atoms with Gasteiger partial charge in [0.05, 0.1) is 32.7 Å². The van der Waals surface area contributed by atoms with Crippen molar-refractivity contribution in [3.63, 3.8) is 0 Å². The molecule has 2 fully saturated rings. The van der Waals surface area contributed by atoms with Crippen molar-refractivity contribution in [2.24, 2.45) is 17.8 Å². The molecule has 0 atom stereocenters. The third-order valence-electron chi connectivity index (χ3n) is 7.99. The van der Waals surface area contributed by atoms with Crippen LogP contribution in [0, 0.1) is 17.8 Å². The Bertz CT molecular complexity index is 1520. The minimum absolute atomic E-state index is 0.00584. The van der Waals surface area contributed by atoms with Gasteiger partial charge in [-0.3, -0.25) is 9.59 Å². The number of alkyl halides is 5. The van der Waals surface area contributed by atoms with E-state index in [0.29, 0.717) is 36.0 Å². The molecule has 3 N–H and O–H groups in total. The number of imidazole rings is 1. The molecule has 2 aromatic heterocycles. The monoisotopic (exact) mass is 661 g/mol. The predicted molar refractivity (Wildman–Crippen MR) is 155 cm³/mol. The third-order valence-corrected chi connectivity index (χ3v) is 8.74. The van der Waals surface area contributed by atoms with Gasteiger partial charge < -0.3 is 20.4 Å². The summed E-state index contributed by atoms with van der Waals surface area (Å²) in [6.07, 6.45) is -4.19. The topological polar surface area (TPSA) is 109 Å². The SMILES string of the molecule is O=C(CCC1CCC(C(F)(F)F)CC1)c1cc2[nH]c(Nc3c(Cl)ccc(CNC(=O)C4CC4)c3Cl)nc2nc1OCC(F)F. The number of ketones is 1. The Morgan fingerprint density at radius 1 is 1.07 bits per heavy atom. The van der Waals surface area contributed by atoms with Crippen LogP contribution < -0.4 is 15.4 Å². The van der Waals surface area contributed by atoms with E-state index < -0.39 is 30.9 Å². The average Bonchev–Trinajstić information content (AvgIpc) is 3.76. The summed E-state index contributed by atoms with van der Waals surface area (Å²) in [6, 6.07) is 4.70. The number of benzene rings is 1. The molecule has 44 heavy (non-hydrogen) atoms. The average molecular weight is 662 g/mol. The van der Waals surface area contributed by atoms with Crippen LogP contribution in [0.25, 0.3) is 11.2 Å². The largest absolute Gasteiger partial charge is 0.471 e. The second-order valence-corrected chi connectivity index (χ2v) is 12.0. The molecule has 0 bridgehead atoms. The van der Waals surface area contributed by atoms with Crippen molar-refractivity contribution in [2.45, 2.75) is 70.5 Å². The molecule has 2 saturated carbocycles. The maximum absolute atomic E-state index is 13.2. The number of pyridine rings is 1. The van der Waals surface area contributed by atoms with Gasteiger partial charge in [-0.15, -0.1) is 0 Å². The maximum Gasteiger partial charge on any atom is 0.391 e. The van der Waals surface area contributed by atoms with Gasteiger partial charge in [-0.2, -0.15) is 23.1 Å². The van der Waals surface area contributed by atoms with Crippen molar-refractivity contribution in [3.8, 4) is 5.88 Å². The zero-order chi connectivity index (χ0) is 31.6. The van der Waals surface area contributed by atoms with Gasteiger partial charge in [0.25, 0.3) is 6.43 Å². The molecule has 5 rings (SSSR count). The highest BCUT2D eigenvalue weighted by molar-refractivity contribution is 6.39. The number of anilines is 2. The molecular weight excluding hydrogens is 632 g/mol. The zero-order valence-electron chi connectivity index (χ0n) is 23.4. The molecule has 2 aliphatic carbocycles. The van der Waals surface area contributed by atoms with Crippen molar-refractivity contribution in [1.82, 2.24) is 20.3 Å². The lowest BCUT2D eigenvalue weighted by molar-refractivity contribution is -0.184. The number of carbonyl (C=O) groups excluding carboxylic acids is 2. The van der Waals surface area contributed by atoms with E-state index in [2.05, 4.69) is 25.6 Å². The molecule has 2 heterocycles. The van der Waals surface area contributed by atoms with E-state index in [-0.39, 0.29) is 76.6 Å². The predicted octanol–water partition coefficient (Wildman–Crippen LogP) is 8.01. The standard InChI is InChI=1S/C29H30Cl2F5N5O3/c30-19-9-6-16(12-37-26(43)15-4-5-15)23(31)24(19)39-28-38-20-11-18(27(40-25(20)41-28)44-13-22(32)33)21(42)10-3-14-1-7-17(8-2-14)29(34,35)36/h6,9,11,14-15,17,22H,1-5,7-8,10,12-13H2,(H,37,43)(H2,38,39,40,41). The van der Waals surface area contributed by atoms with Crippen molar-refractivity contribution in [2.75, 3.05) is 11.9 Å². The van der Waals surface area contributed by atoms with Crippen LogP contribution in [0.4, 0.5) is 33.6 Å². The summed E-state index contributed by atoms with van der Waals surface area (Å²) in [5.74, 6) is -1.98. The number of nitrogens with zero attached hydrogens (tertiary/aromatic N) is 2. The zero-order valence-corrected chi connectivity index (χ0v) is 24.9. The number of H-pyrrole nitrogens is 1. The third kappa shape index (κ3) is 7.90. The minimum Gasteiger partial charge on any atom is -0.471 e. The highest BCUT2D eigenvalue weighted by Crippen LogP contribution is 2.41. The van der Waals surface area contributed by atoms with Gasteiger partial charge in [-0.05, 0) is 68.6 Å². The fourth-order valence-corrected chi connectivity index (χ4v) is 5.85. The summed E-state index contributed by atoms with van der Waals surface area (Å²) in [4.78, 5) is 36.7. The van der Waals surface area contributed by atoms with Crippen molar-refractivity contribution >= 4 is 57.7 Å². The van der Waals surface area contributed by atoms with E-state index in [9.17, 15) is 31.5 Å². The Kier molecular flexibility index (Phi) is 9.83. The summed E-state index contributed by atoms with van der Waals surface area (Å²) in [7, 11) is 0. The number of carbonyl (C=O) groups is 2. The lowest BCUT2D eigenvalue weighted by atomic mass is 9.79. The number of rotatable bonds is 12. The number of aromatic amines is 1. The summed E-state index contributed by atoms with van der Waals surface area (Å²) in [5.41, 5.74) is 1.24. The van der Waals surface area contributed by atoms with E-state index >= 15 is 0 Å². The van der Waals surface area contributed by atoms with Gasteiger partial charge in [0.2, 0.25) is 17.7 Å².